The molecule has 12 heteroatoms. The number of carbonyl (C=O) groups excluding carboxylic acids is 1. The van der Waals surface area contributed by atoms with Crippen molar-refractivity contribution in [2.45, 2.75) is 26.4 Å². The van der Waals surface area contributed by atoms with Crippen LogP contribution in [0, 0.1) is 0 Å². The first-order valence-corrected chi connectivity index (χ1v) is 9.18. The van der Waals surface area contributed by atoms with Crippen molar-refractivity contribution in [1.82, 2.24) is 39.5 Å². The van der Waals surface area contributed by atoms with E-state index in [0.717, 1.165) is 0 Å². The summed E-state index contributed by atoms with van der Waals surface area (Å²) < 4.78 is 8.23. The van der Waals surface area contributed by atoms with Crippen LogP contribution in [0.15, 0.2) is 62.0 Å². The molecule has 0 radical (unpaired) electrons. The monoisotopic (exact) mass is 422 g/mol. The molecular formula is C19H22N10O2. The van der Waals surface area contributed by atoms with Gasteiger partial charge in [-0.05, 0) is 45.0 Å². The van der Waals surface area contributed by atoms with E-state index < -0.39 is 11.7 Å². The smallest absolute Gasteiger partial charge is 0.412 e. The summed E-state index contributed by atoms with van der Waals surface area (Å²) in [5, 5.41) is 10.5. The second kappa shape index (κ2) is 9.43. The zero-order valence-electron chi connectivity index (χ0n) is 17.2. The normalized spacial score (nSPS) is 10.7. The first-order valence-electron chi connectivity index (χ1n) is 9.18. The van der Waals surface area contributed by atoms with Crippen LogP contribution in [0.5, 0.6) is 0 Å². The molecule has 160 valence electrons. The Bertz CT molecular complexity index is 1070. The van der Waals surface area contributed by atoms with Gasteiger partial charge in [-0.3, -0.25) is 5.32 Å². The van der Waals surface area contributed by atoms with Crippen LogP contribution in [0.4, 0.5) is 16.2 Å². The van der Waals surface area contributed by atoms with Crippen molar-refractivity contribution in [3.05, 3.63) is 62.0 Å². The van der Waals surface area contributed by atoms with E-state index in [1.807, 2.05) is 0 Å². The molecule has 0 aromatic carbocycles. The fourth-order valence-electron chi connectivity index (χ4n) is 2.20. The van der Waals surface area contributed by atoms with E-state index in [1.54, 1.807) is 68.6 Å². The molecule has 0 fully saturated rings. The van der Waals surface area contributed by atoms with Gasteiger partial charge in [-0.25, -0.2) is 34.1 Å². The molecule has 12 nitrogen and oxygen atoms in total. The van der Waals surface area contributed by atoms with Gasteiger partial charge in [-0.1, -0.05) is 0 Å². The maximum atomic E-state index is 11.6. The van der Waals surface area contributed by atoms with E-state index in [9.17, 15) is 4.79 Å². The standard InChI is InChI=1S/C12H15N5O2.C7H7N5/c1-12(2,3)19-11(18)16-9-4-5-10(14-6-9)17-8-13-7-15-17;8-6-1-2-7(10-3-6)12-5-9-4-11-12/h4-8H,1-3H3,(H,16,18);1-5H,8H2. The predicted octanol–water partition coefficient (Wildman–Crippen LogP) is 2.25. The van der Waals surface area contributed by atoms with Crippen LogP contribution in [0.3, 0.4) is 0 Å². The number of nitrogen functional groups attached to an aromatic ring is 1. The number of nitrogens with two attached hydrogens (primary N) is 1. The molecule has 0 atom stereocenters. The van der Waals surface area contributed by atoms with E-state index in [0.29, 0.717) is 23.0 Å². The average Bonchev–Trinajstić information content (AvgIpc) is 3.43. The largest absolute Gasteiger partial charge is 0.444 e. The molecule has 31 heavy (non-hydrogen) atoms. The van der Waals surface area contributed by atoms with Crippen molar-refractivity contribution < 1.29 is 9.53 Å². The van der Waals surface area contributed by atoms with Crippen molar-refractivity contribution >= 4 is 17.5 Å². The number of aromatic nitrogens is 8. The van der Waals surface area contributed by atoms with Gasteiger partial charge < -0.3 is 10.5 Å². The highest BCUT2D eigenvalue weighted by Gasteiger charge is 2.16. The summed E-state index contributed by atoms with van der Waals surface area (Å²) >= 11 is 0. The number of pyridine rings is 2. The van der Waals surface area contributed by atoms with Gasteiger partial charge in [-0.15, -0.1) is 0 Å². The minimum absolute atomic E-state index is 0.511. The number of hydrogen-bond donors (Lipinski definition) is 2. The van der Waals surface area contributed by atoms with Gasteiger partial charge in [0.2, 0.25) is 0 Å². The molecular weight excluding hydrogens is 400 g/mol. The van der Waals surface area contributed by atoms with E-state index >= 15 is 0 Å². The van der Waals surface area contributed by atoms with E-state index in [2.05, 4.69) is 35.5 Å². The zero-order chi connectivity index (χ0) is 22.3. The van der Waals surface area contributed by atoms with Gasteiger partial charge in [0, 0.05) is 0 Å². The Balaban J connectivity index is 0.000000194. The Morgan fingerprint density at radius 3 is 1.94 bits per heavy atom. The number of anilines is 2. The van der Waals surface area contributed by atoms with Crippen LogP contribution in [0.1, 0.15) is 20.8 Å². The summed E-state index contributed by atoms with van der Waals surface area (Å²) in [6.45, 7) is 5.41. The summed E-state index contributed by atoms with van der Waals surface area (Å²) in [4.78, 5) is 27.4. The second-order valence-electron chi connectivity index (χ2n) is 7.16. The van der Waals surface area contributed by atoms with Crippen LogP contribution >= 0.6 is 0 Å². The molecule has 3 N–H and O–H groups in total. The summed E-state index contributed by atoms with van der Waals surface area (Å²) in [5.74, 6) is 1.33. The van der Waals surface area contributed by atoms with Crippen molar-refractivity contribution in [3.63, 3.8) is 0 Å². The molecule has 0 aliphatic heterocycles. The molecule has 4 rings (SSSR count). The van der Waals surface area contributed by atoms with Crippen molar-refractivity contribution in [2.75, 3.05) is 11.1 Å². The molecule has 4 aromatic rings. The molecule has 0 spiro atoms. The highest BCUT2D eigenvalue weighted by molar-refractivity contribution is 5.84. The summed E-state index contributed by atoms with van der Waals surface area (Å²) in [5.41, 5.74) is 6.13. The Kier molecular flexibility index (Phi) is 6.50. The lowest BCUT2D eigenvalue weighted by Crippen LogP contribution is -2.27. The Morgan fingerprint density at radius 2 is 1.52 bits per heavy atom. The van der Waals surface area contributed by atoms with Gasteiger partial charge >= 0.3 is 6.09 Å². The topological polar surface area (TPSA) is 152 Å². The lowest BCUT2D eigenvalue weighted by molar-refractivity contribution is 0.0636. The van der Waals surface area contributed by atoms with Crippen LogP contribution in [-0.4, -0.2) is 51.2 Å². The molecule has 0 bridgehead atoms. The first-order chi connectivity index (χ1) is 14.8. The third-order valence-electron chi connectivity index (χ3n) is 3.47. The average molecular weight is 422 g/mol. The molecule has 0 aliphatic carbocycles. The third-order valence-corrected chi connectivity index (χ3v) is 3.47. The van der Waals surface area contributed by atoms with Crippen molar-refractivity contribution in [1.29, 1.82) is 0 Å². The quantitative estimate of drug-likeness (QED) is 0.506. The van der Waals surface area contributed by atoms with Crippen LogP contribution in [-0.2, 0) is 4.74 Å². The Hall–Kier alpha value is -4.35. The number of nitrogens with zero attached hydrogens (tertiary/aromatic N) is 8. The van der Waals surface area contributed by atoms with Crippen LogP contribution < -0.4 is 11.1 Å². The van der Waals surface area contributed by atoms with Gasteiger partial charge in [-0.2, -0.15) is 10.2 Å². The van der Waals surface area contributed by atoms with Crippen molar-refractivity contribution in [2.24, 2.45) is 0 Å². The van der Waals surface area contributed by atoms with Gasteiger partial charge in [0.1, 0.15) is 30.9 Å². The summed E-state index contributed by atoms with van der Waals surface area (Å²) in [7, 11) is 0. The fraction of sp³-hybridized carbons (Fsp3) is 0.211. The molecule has 0 unspecified atom stereocenters. The van der Waals surface area contributed by atoms with Crippen LogP contribution in [0.2, 0.25) is 0 Å². The summed E-state index contributed by atoms with van der Waals surface area (Å²) in [6, 6.07) is 6.99. The van der Waals surface area contributed by atoms with E-state index in [1.165, 1.54) is 23.5 Å². The fourth-order valence-corrected chi connectivity index (χ4v) is 2.20. The maximum absolute atomic E-state index is 11.6. The highest BCUT2D eigenvalue weighted by atomic mass is 16.6. The van der Waals surface area contributed by atoms with Gasteiger partial charge in [0.15, 0.2) is 11.6 Å². The predicted molar refractivity (Wildman–Crippen MR) is 113 cm³/mol. The third kappa shape index (κ3) is 6.59. The number of amides is 1. The molecule has 0 aliphatic rings. The van der Waals surface area contributed by atoms with E-state index in [-0.39, 0.29) is 0 Å². The van der Waals surface area contributed by atoms with Crippen molar-refractivity contribution in [3.8, 4) is 11.6 Å². The number of ether oxygens (including phenoxy) is 1. The Morgan fingerprint density at radius 1 is 0.935 bits per heavy atom. The maximum Gasteiger partial charge on any atom is 0.412 e. The second-order valence-corrected chi connectivity index (χ2v) is 7.16. The minimum atomic E-state index is -0.530. The first kappa shape index (κ1) is 21.4. The zero-order valence-corrected chi connectivity index (χ0v) is 17.2. The molecule has 4 aromatic heterocycles. The van der Waals surface area contributed by atoms with Crippen LogP contribution in [0.25, 0.3) is 11.6 Å². The molecule has 1 amide bonds. The minimum Gasteiger partial charge on any atom is -0.444 e. The molecule has 4 heterocycles. The lowest BCUT2D eigenvalue weighted by atomic mass is 10.2. The lowest BCUT2D eigenvalue weighted by Gasteiger charge is -2.19. The molecule has 0 saturated carbocycles. The SMILES string of the molecule is CC(C)(C)OC(=O)Nc1ccc(-n2cncn2)nc1.Nc1ccc(-n2cncn2)nc1. The Labute approximate surface area is 178 Å². The number of nitrogens with one attached hydrogen (secondary N) is 1. The van der Waals surface area contributed by atoms with Gasteiger partial charge in [0.25, 0.3) is 0 Å². The number of hydrogen-bond acceptors (Lipinski definition) is 9. The number of carbonyl (C=O) groups is 1. The number of rotatable bonds is 3. The van der Waals surface area contributed by atoms with Gasteiger partial charge in [0.05, 0.1) is 23.8 Å². The molecule has 0 saturated heterocycles. The highest BCUT2D eigenvalue weighted by Crippen LogP contribution is 2.12. The summed E-state index contributed by atoms with van der Waals surface area (Å²) in [6.07, 6.45) is 8.61. The van der Waals surface area contributed by atoms with E-state index in [4.69, 9.17) is 10.5 Å².